The van der Waals surface area contributed by atoms with E-state index in [1.165, 1.54) is 0 Å². The van der Waals surface area contributed by atoms with Gasteiger partial charge in [-0.3, -0.25) is 4.79 Å². The smallest absolute Gasteiger partial charge is 0.150 e. The van der Waals surface area contributed by atoms with E-state index in [4.69, 9.17) is 0 Å². The number of benzene rings is 2. The second-order valence-corrected chi connectivity index (χ2v) is 5.27. The van der Waals surface area contributed by atoms with Crippen molar-refractivity contribution < 1.29 is 4.79 Å². The number of hydrogen-bond acceptors (Lipinski definition) is 2. The summed E-state index contributed by atoms with van der Waals surface area (Å²) in [6.45, 7) is 0.771. The lowest BCUT2D eigenvalue weighted by Gasteiger charge is -2.14. The van der Waals surface area contributed by atoms with Gasteiger partial charge >= 0.3 is 0 Å². The van der Waals surface area contributed by atoms with Crippen molar-refractivity contribution in [3.05, 3.63) is 45.9 Å². The average Bonchev–Trinajstić information content (AvgIpc) is 2.28. The number of hydrogen-bond donors (Lipinski definition) is 0. The molecule has 3 heteroatoms. The van der Waals surface area contributed by atoms with Crippen LogP contribution in [0.5, 0.6) is 0 Å². The Kier molecular flexibility index (Phi) is 3.60. The Hall–Kier alpha value is -1.19. The van der Waals surface area contributed by atoms with Gasteiger partial charge in [0, 0.05) is 16.6 Å². The summed E-state index contributed by atoms with van der Waals surface area (Å²) in [5.41, 5.74) is 1.86. The van der Waals surface area contributed by atoms with Gasteiger partial charge in [0.25, 0.3) is 0 Å². The first-order chi connectivity index (χ1) is 8.11. The normalized spacial score (nSPS) is 11.1. The van der Waals surface area contributed by atoms with Gasteiger partial charge in [0.1, 0.15) is 6.29 Å². The number of rotatable bonds is 3. The number of aldehydes is 1. The maximum absolute atomic E-state index is 11.1. The highest BCUT2D eigenvalue weighted by Gasteiger charge is 2.08. The molecule has 88 valence electrons. The van der Waals surface area contributed by atoms with Crippen molar-refractivity contribution in [2.45, 2.75) is 6.54 Å². The van der Waals surface area contributed by atoms with E-state index in [-0.39, 0.29) is 0 Å². The molecule has 0 saturated heterocycles. The lowest BCUT2D eigenvalue weighted by molar-refractivity contribution is 0.112. The first kappa shape index (κ1) is 12.3. The fourth-order valence-electron chi connectivity index (χ4n) is 1.99. The number of carbonyl (C=O) groups excluding carboxylic acids is 1. The molecule has 0 aliphatic heterocycles. The van der Waals surface area contributed by atoms with Gasteiger partial charge in [0.05, 0.1) is 0 Å². The third-order valence-electron chi connectivity index (χ3n) is 2.73. The summed E-state index contributed by atoms with van der Waals surface area (Å²) < 4.78 is 1.06. The second-order valence-electron chi connectivity index (χ2n) is 4.35. The van der Waals surface area contributed by atoms with Gasteiger partial charge in [-0.05, 0) is 42.6 Å². The number of nitrogens with zero attached hydrogens (tertiary/aromatic N) is 1. The van der Waals surface area contributed by atoms with Crippen molar-refractivity contribution in [1.29, 1.82) is 0 Å². The molecule has 2 rings (SSSR count). The minimum atomic E-state index is 0.771. The highest BCUT2D eigenvalue weighted by atomic mass is 79.9. The third kappa shape index (κ3) is 2.56. The van der Waals surface area contributed by atoms with Crippen molar-refractivity contribution in [2.75, 3.05) is 14.1 Å². The van der Waals surface area contributed by atoms with E-state index >= 15 is 0 Å². The summed E-state index contributed by atoms with van der Waals surface area (Å²) in [4.78, 5) is 13.2. The fraction of sp³-hybridized carbons (Fsp3) is 0.214. The van der Waals surface area contributed by atoms with Gasteiger partial charge in [-0.2, -0.15) is 0 Å². The lowest BCUT2D eigenvalue weighted by Crippen LogP contribution is -2.12. The minimum absolute atomic E-state index is 0.771. The first-order valence-corrected chi connectivity index (χ1v) is 6.22. The molecular formula is C14H14BrNO. The number of fused-ring (bicyclic) bond motifs is 1. The SMILES string of the molecule is CN(C)Cc1c(C=O)ccc2cc(Br)ccc12. The molecular weight excluding hydrogens is 278 g/mol. The molecule has 0 amide bonds. The third-order valence-corrected chi connectivity index (χ3v) is 3.22. The van der Waals surface area contributed by atoms with E-state index < -0.39 is 0 Å². The second kappa shape index (κ2) is 4.98. The molecule has 2 aromatic carbocycles. The topological polar surface area (TPSA) is 20.3 Å². The molecule has 0 aliphatic carbocycles. The molecule has 0 atom stereocenters. The molecule has 0 aromatic heterocycles. The molecule has 0 spiro atoms. The van der Waals surface area contributed by atoms with E-state index in [0.29, 0.717) is 0 Å². The number of carbonyl (C=O) groups is 1. The van der Waals surface area contributed by atoms with Crippen LogP contribution in [0.25, 0.3) is 10.8 Å². The van der Waals surface area contributed by atoms with E-state index in [1.54, 1.807) is 0 Å². The summed E-state index contributed by atoms with van der Waals surface area (Å²) in [6, 6.07) is 10.0. The quantitative estimate of drug-likeness (QED) is 0.807. The molecule has 0 aliphatic rings. The largest absolute Gasteiger partial charge is 0.305 e. The van der Waals surface area contributed by atoms with Crippen LogP contribution in [-0.4, -0.2) is 25.3 Å². The van der Waals surface area contributed by atoms with Gasteiger partial charge in [-0.1, -0.05) is 34.1 Å². The van der Waals surface area contributed by atoms with Crippen molar-refractivity contribution in [3.8, 4) is 0 Å². The maximum atomic E-state index is 11.1. The summed E-state index contributed by atoms with van der Waals surface area (Å²) in [5, 5.41) is 2.30. The zero-order valence-electron chi connectivity index (χ0n) is 9.90. The highest BCUT2D eigenvalue weighted by Crippen LogP contribution is 2.25. The van der Waals surface area contributed by atoms with E-state index in [2.05, 4.69) is 33.0 Å². The monoisotopic (exact) mass is 291 g/mol. The molecule has 2 aromatic rings. The molecule has 0 radical (unpaired) electrons. The summed E-state index contributed by atoms with van der Waals surface area (Å²) in [5.74, 6) is 0. The molecule has 2 nitrogen and oxygen atoms in total. The highest BCUT2D eigenvalue weighted by molar-refractivity contribution is 9.10. The lowest BCUT2D eigenvalue weighted by atomic mass is 9.99. The molecule has 0 fully saturated rings. The Morgan fingerprint density at radius 3 is 2.65 bits per heavy atom. The van der Waals surface area contributed by atoms with E-state index in [1.807, 2.05) is 32.3 Å². The Morgan fingerprint density at radius 2 is 2.00 bits per heavy atom. The van der Waals surface area contributed by atoms with Crippen LogP contribution >= 0.6 is 15.9 Å². The number of halogens is 1. The van der Waals surface area contributed by atoms with Crippen molar-refractivity contribution >= 4 is 33.0 Å². The van der Waals surface area contributed by atoms with Gasteiger partial charge in [-0.15, -0.1) is 0 Å². The minimum Gasteiger partial charge on any atom is -0.305 e. The predicted octanol–water partition coefficient (Wildman–Crippen LogP) is 3.48. The summed E-state index contributed by atoms with van der Waals surface area (Å²) in [7, 11) is 4.01. The van der Waals surface area contributed by atoms with Crippen LogP contribution in [0.3, 0.4) is 0 Å². The van der Waals surface area contributed by atoms with Gasteiger partial charge in [-0.25, -0.2) is 0 Å². The predicted molar refractivity (Wildman–Crippen MR) is 74.4 cm³/mol. The average molecular weight is 292 g/mol. The zero-order valence-corrected chi connectivity index (χ0v) is 11.5. The van der Waals surface area contributed by atoms with E-state index in [0.717, 1.165) is 39.2 Å². The van der Waals surface area contributed by atoms with Crippen LogP contribution < -0.4 is 0 Å². The van der Waals surface area contributed by atoms with Crippen LogP contribution in [0.4, 0.5) is 0 Å². The van der Waals surface area contributed by atoms with Crippen LogP contribution in [-0.2, 0) is 6.54 Å². The standard InChI is InChI=1S/C14H14BrNO/c1-16(2)8-14-11(9-17)4-3-10-7-12(15)5-6-13(10)14/h3-7,9H,8H2,1-2H3. The Labute approximate surface area is 109 Å². The van der Waals surface area contributed by atoms with Crippen molar-refractivity contribution in [3.63, 3.8) is 0 Å². The molecule has 0 unspecified atom stereocenters. The molecule has 0 N–H and O–H groups in total. The first-order valence-electron chi connectivity index (χ1n) is 5.43. The van der Waals surface area contributed by atoms with Crippen LogP contribution in [0.15, 0.2) is 34.8 Å². The van der Waals surface area contributed by atoms with Gasteiger partial charge in [0.15, 0.2) is 0 Å². The van der Waals surface area contributed by atoms with Crippen LogP contribution in [0, 0.1) is 0 Å². The Bertz CT molecular complexity index is 563. The molecule has 0 bridgehead atoms. The Balaban J connectivity index is 2.69. The van der Waals surface area contributed by atoms with Crippen molar-refractivity contribution in [2.24, 2.45) is 0 Å². The maximum Gasteiger partial charge on any atom is 0.150 e. The van der Waals surface area contributed by atoms with E-state index in [9.17, 15) is 4.79 Å². The summed E-state index contributed by atoms with van der Waals surface area (Å²) in [6.07, 6.45) is 0.931. The van der Waals surface area contributed by atoms with Gasteiger partial charge < -0.3 is 4.90 Å². The molecule has 0 heterocycles. The van der Waals surface area contributed by atoms with Crippen LogP contribution in [0.1, 0.15) is 15.9 Å². The Morgan fingerprint density at radius 1 is 1.24 bits per heavy atom. The van der Waals surface area contributed by atoms with Crippen LogP contribution in [0.2, 0.25) is 0 Å². The molecule has 0 saturated carbocycles. The molecule has 17 heavy (non-hydrogen) atoms. The van der Waals surface area contributed by atoms with Gasteiger partial charge in [0.2, 0.25) is 0 Å². The summed E-state index contributed by atoms with van der Waals surface area (Å²) >= 11 is 3.46. The van der Waals surface area contributed by atoms with Crippen molar-refractivity contribution in [1.82, 2.24) is 4.90 Å². The zero-order chi connectivity index (χ0) is 12.4. The fourth-order valence-corrected chi connectivity index (χ4v) is 2.36.